The van der Waals surface area contributed by atoms with E-state index < -0.39 is 0 Å². The molecule has 0 aliphatic carbocycles. The maximum absolute atomic E-state index is 12.9. The molecular formula is C22H27N5O. The van der Waals surface area contributed by atoms with Crippen LogP contribution in [0.2, 0.25) is 0 Å². The van der Waals surface area contributed by atoms with E-state index in [0.717, 1.165) is 25.9 Å². The van der Waals surface area contributed by atoms with Crippen molar-refractivity contribution in [2.24, 2.45) is 0 Å². The first kappa shape index (κ1) is 18.5. The third kappa shape index (κ3) is 3.73. The summed E-state index contributed by atoms with van der Waals surface area (Å²) < 4.78 is 1.73. The number of rotatable bonds is 6. The van der Waals surface area contributed by atoms with Gasteiger partial charge in [0.15, 0.2) is 0 Å². The van der Waals surface area contributed by atoms with E-state index >= 15 is 0 Å². The highest BCUT2D eigenvalue weighted by molar-refractivity contribution is 5.75. The van der Waals surface area contributed by atoms with Crippen molar-refractivity contribution in [1.82, 2.24) is 19.4 Å². The summed E-state index contributed by atoms with van der Waals surface area (Å²) in [5.74, 6) is 1.10. The van der Waals surface area contributed by atoms with Gasteiger partial charge < -0.3 is 15.2 Å². The van der Waals surface area contributed by atoms with Crippen LogP contribution in [-0.2, 0) is 6.54 Å². The predicted molar refractivity (Wildman–Crippen MR) is 114 cm³/mol. The number of nitrogens with zero attached hydrogens (tertiary/aromatic N) is 3. The van der Waals surface area contributed by atoms with Gasteiger partial charge in [-0.1, -0.05) is 36.4 Å². The number of hydrogen-bond acceptors (Lipinski definition) is 4. The molecule has 3 aromatic rings. The Balaban J connectivity index is 1.63. The number of likely N-dealkylation sites (tertiary alicyclic amines) is 1. The summed E-state index contributed by atoms with van der Waals surface area (Å²) in [6, 6.07) is 12.7. The molecule has 0 radical (unpaired) electrons. The molecule has 3 heterocycles. The Hall–Kier alpha value is -2.86. The lowest BCUT2D eigenvalue weighted by atomic mass is 9.88. The molecule has 1 fully saturated rings. The molecule has 28 heavy (non-hydrogen) atoms. The lowest BCUT2D eigenvalue weighted by Crippen LogP contribution is -2.44. The number of H-pyrrole nitrogens is 1. The van der Waals surface area contributed by atoms with Crippen molar-refractivity contribution in [1.29, 1.82) is 0 Å². The minimum absolute atomic E-state index is 0.0388. The van der Waals surface area contributed by atoms with Crippen molar-refractivity contribution in [2.45, 2.75) is 31.3 Å². The normalized spacial score (nSPS) is 20.3. The molecule has 146 valence electrons. The van der Waals surface area contributed by atoms with E-state index in [9.17, 15) is 4.79 Å². The minimum atomic E-state index is -0.0388. The minimum Gasteiger partial charge on any atom is -0.355 e. The van der Waals surface area contributed by atoms with Crippen LogP contribution in [-0.4, -0.2) is 45.6 Å². The zero-order chi connectivity index (χ0) is 19.5. The molecule has 0 bridgehead atoms. The SMILES string of the molecule is C=CCCn1c(N[C@@H]2C[C@H](c3ccccc3)CN(C)C2)nc2cc[nH]c2c1=O. The number of fused-ring (bicyclic) bond motifs is 1. The van der Waals surface area contributed by atoms with Gasteiger partial charge in [0.1, 0.15) is 5.52 Å². The molecule has 1 aromatic carbocycles. The van der Waals surface area contributed by atoms with Crippen molar-refractivity contribution >= 4 is 17.0 Å². The Morgan fingerprint density at radius 1 is 1.29 bits per heavy atom. The van der Waals surface area contributed by atoms with Crippen LogP contribution in [0.25, 0.3) is 11.0 Å². The van der Waals surface area contributed by atoms with Crippen LogP contribution in [0.5, 0.6) is 0 Å². The molecule has 4 rings (SSSR count). The Labute approximate surface area is 164 Å². The third-order valence-corrected chi connectivity index (χ3v) is 5.46. The van der Waals surface area contributed by atoms with Gasteiger partial charge in [0.05, 0.1) is 5.52 Å². The standard InChI is InChI=1S/C22H27N5O/c1-3-4-12-27-21(28)20-19(10-11-23-20)25-22(27)24-18-13-17(14-26(2)15-18)16-8-6-5-7-9-16/h3,5-11,17-18,23H,1,4,12-15H2,2H3,(H,24,25)/t17-,18+/m0/s1. The number of nitrogens with one attached hydrogen (secondary N) is 2. The van der Waals surface area contributed by atoms with E-state index in [4.69, 9.17) is 4.98 Å². The first-order chi connectivity index (χ1) is 13.7. The Bertz CT molecular complexity index is 1010. The first-order valence-corrected chi connectivity index (χ1v) is 9.84. The van der Waals surface area contributed by atoms with Gasteiger partial charge >= 0.3 is 0 Å². The van der Waals surface area contributed by atoms with Crippen LogP contribution in [0.15, 0.2) is 60.0 Å². The second-order valence-corrected chi connectivity index (χ2v) is 7.61. The molecule has 1 aliphatic rings. The lowest BCUT2D eigenvalue weighted by molar-refractivity contribution is 0.235. The average molecular weight is 377 g/mol. The fourth-order valence-corrected chi connectivity index (χ4v) is 4.14. The average Bonchev–Trinajstić information content (AvgIpc) is 3.17. The molecule has 0 amide bonds. The lowest BCUT2D eigenvalue weighted by Gasteiger charge is -2.36. The molecule has 0 unspecified atom stereocenters. The van der Waals surface area contributed by atoms with Crippen LogP contribution < -0.4 is 10.9 Å². The quantitative estimate of drug-likeness (QED) is 0.648. The molecule has 1 saturated heterocycles. The molecule has 1 aliphatic heterocycles. The second-order valence-electron chi connectivity index (χ2n) is 7.61. The Kier molecular flexibility index (Phi) is 5.30. The van der Waals surface area contributed by atoms with Gasteiger partial charge in [-0.25, -0.2) is 4.98 Å². The topological polar surface area (TPSA) is 66.0 Å². The number of allylic oxidation sites excluding steroid dienone is 1. The van der Waals surface area contributed by atoms with Crippen molar-refractivity contribution in [3.05, 3.63) is 71.2 Å². The zero-order valence-electron chi connectivity index (χ0n) is 16.3. The molecule has 0 spiro atoms. The van der Waals surface area contributed by atoms with Gasteiger partial charge in [-0.3, -0.25) is 9.36 Å². The fraction of sp³-hybridized carbons (Fsp3) is 0.364. The van der Waals surface area contributed by atoms with Crippen molar-refractivity contribution in [2.75, 3.05) is 25.5 Å². The molecular weight excluding hydrogens is 350 g/mol. The predicted octanol–water partition coefficient (Wildman–Crippen LogP) is 3.20. The largest absolute Gasteiger partial charge is 0.355 e. The second kappa shape index (κ2) is 8.02. The number of piperidine rings is 1. The smallest absolute Gasteiger partial charge is 0.279 e. The highest BCUT2D eigenvalue weighted by Gasteiger charge is 2.27. The van der Waals surface area contributed by atoms with Gasteiger partial charge in [0.25, 0.3) is 5.56 Å². The van der Waals surface area contributed by atoms with Crippen molar-refractivity contribution < 1.29 is 0 Å². The summed E-state index contributed by atoms with van der Waals surface area (Å²) in [5, 5.41) is 3.57. The van der Waals surface area contributed by atoms with Crippen LogP contribution in [0.1, 0.15) is 24.3 Å². The maximum atomic E-state index is 12.9. The van der Waals surface area contributed by atoms with Crippen molar-refractivity contribution in [3.63, 3.8) is 0 Å². The Morgan fingerprint density at radius 3 is 2.89 bits per heavy atom. The van der Waals surface area contributed by atoms with E-state index in [1.54, 1.807) is 10.8 Å². The summed E-state index contributed by atoms with van der Waals surface area (Å²) >= 11 is 0. The monoisotopic (exact) mass is 377 g/mol. The summed E-state index contributed by atoms with van der Waals surface area (Å²) in [4.78, 5) is 23.0. The number of aromatic amines is 1. The zero-order valence-corrected chi connectivity index (χ0v) is 16.3. The van der Waals surface area contributed by atoms with E-state index in [1.165, 1.54) is 5.56 Å². The van der Waals surface area contributed by atoms with Gasteiger partial charge in [0, 0.05) is 31.9 Å². The molecule has 2 N–H and O–H groups in total. The number of hydrogen-bond donors (Lipinski definition) is 2. The third-order valence-electron chi connectivity index (χ3n) is 5.46. The van der Waals surface area contributed by atoms with Gasteiger partial charge in [-0.05, 0) is 37.4 Å². The molecule has 6 nitrogen and oxygen atoms in total. The maximum Gasteiger partial charge on any atom is 0.279 e. The van der Waals surface area contributed by atoms with Crippen LogP contribution in [0, 0.1) is 0 Å². The van der Waals surface area contributed by atoms with Crippen LogP contribution in [0.3, 0.4) is 0 Å². The number of aromatic nitrogens is 3. The highest BCUT2D eigenvalue weighted by atomic mass is 16.1. The van der Waals surface area contributed by atoms with Gasteiger partial charge in [-0.2, -0.15) is 0 Å². The van der Waals surface area contributed by atoms with E-state index in [0.29, 0.717) is 29.4 Å². The van der Waals surface area contributed by atoms with Crippen LogP contribution in [0.4, 0.5) is 5.95 Å². The van der Waals surface area contributed by atoms with E-state index in [1.807, 2.05) is 12.1 Å². The summed E-state index contributed by atoms with van der Waals surface area (Å²) in [7, 11) is 2.15. The van der Waals surface area contributed by atoms with E-state index in [-0.39, 0.29) is 11.6 Å². The number of anilines is 1. The molecule has 2 atom stereocenters. The molecule has 6 heteroatoms. The van der Waals surface area contributed by atoms with Crippen LogP contribution >= 0.6 is 0 Å². The molecule has 0 saturated carbocycles. The van der Waals surface area contributed by atoms with Crippen molar-refractivity contribution in [3.8, 4) is 0 Å². The Morgan fingerprint density at radius 2 is 2.11 bits per heavy atom. The number of likely N-dealkylation sites (N-methyl/N-ethyl adjacent to an activating group) is 1. The summed E-state index contributed by atoms with van der Waals surface area (Å²) in [6.07, 6.45) is 5.33. The first-order valence-electron chi connectivity index (χ1n) is 9.84. The van der Waals surface area contributed by atoms with E-state index in [2.05, 4.69) is 59.2 Å². The molecule has 2 aromatic heterocycles. The summed E-state index contributed by atoms with van der Waals surface area (Å²) in [6.45, 7) is 6.31. The van der Waals surface area contributed by atoms with Gasteiger partial charge in [0.2, 0.25) is 5.95 Å². The highest BCUT2D eigenvalue weighted by Crippen LogP contribution is 2.27. The van der Waals surface area contributed by atoms with Gasteiger partial charge in [-0.15, -0.1) is 6.58 Å². The fourth-order valence-electron chi connectivity index (χ4n) is 4.14. The summed E-state index contributed by atoms with van der Waals surface area (Å²) in [5.41, 5.74) is 2.57. The number of benzene rings is 1.